The first-order chi connectivity index (χ1) is 14.0. The lowest BCUT2D eigenvalue weighted by Gasteiger charge is -2.11. The molecule has 1 atom stereocenters. The number of hydrogen-bond donors (Lipinski definition) is 1. The molecule has 3 aromatic rings. The van der Waals surface area contributed by atoms with Crippen LogP contribution in [0.25, 0.3) is 0 Å². The molecule has 1 heterocycles. The third-order valence-electron chi connectivity index (χ3n) is 4.63. The standard InChI is InChI=1S/C21H24N4O3S/c1-14(15-7-5-4-6-8-15)11-20-23-24-21(25(20)22)29-13-18(26)17-10-9-16(27-2)12-19(17)28-3/h4-10,12,14H,11,13,22H2,1-3H3/t14-/m0/s1. The van der Waals surface area contributed by atoms with Crippen LogP contribution in [0.2, 0.25) is 0 Å². The maximum atomic E-state index is 12.6. The van der Waals surface area contributed by atoms with E-state index in [9.17, 15) is 4.79 Å². The predicted molar refractivity (Wildman–Crippen MR) is 113 cm³/mol. The van der Waals surface area contributed by atoms with Gasteiger partial charge < -0.3 is 15.3 Å². The number of carbonyl (C=O) groups is 1. The summed E-state index contributed by atoms with van der Waals surface area (Å²) >= 11 is 1.25. The number of nitrogens with two attached hydrogens (primary N) is 1. The van der Waals surface area contributed by atoms with Gasteiger partial charge in [-0.05, 0) is 23.6 Å². The number of Topliss-reactive ketones (excluding diaryl/α,β-unsaturated/α-hetero) is 1. The summed E-state index contributed by atoms with van der Waals surface area (Å²) in [5.74, 6) is 8.29. The van der Waals surface area contributed by atoms with E-state index in [1.807, 2.05) is 18.2 Å². The molecule has 0 radical (unpaired) electrons. The Morgan fingerprint density at radius 2 is 1.90 bits per heavy atom. The normalized spacial score (nSPS) is 11.8. The highest BCUT2D eigenvalue weighted by atomic mass is 32.2. The van der Waals surface area contributed by atoms with E-state index in [4.69, 9.17) is 15.3 Å². The van der Waals surface area contributed by atoms with Gasteiger partial charge in [-0.2, -0.15) is 0 Å². The number of nitrogen functional groups attached to an aromatic ring is 1. The van der Waals surface area contributed by atoms with Crippen LogP contribution in [-0.2, 0) is 6.42 Å². The van der Waals surface area contributed by atoms with E-state index >= 15 is 0 Å². The molecule has 3 rings (SSSR count). The number of carbonyl (C=O) groups excluding carboxylic acids is 1. The van der Waals surface area contributed by atoms with E-state index in [0.717, 1.165) is 0 Å². The minimum absolute atomic E-state index is 0.0864. The zero-order chi connectivity index (χ0) is 20.8. The maximum Gasteiger partial charge on any atom is 0.210 e. The molecule has 2 aromatic carbocycles. The van der Waals surface area contributed by atoms with Gasteiger partial charge in [0.1, 0.15) is 11.5 Å². The van der Waals surface area contributed by atoms with Gasteiger partial charge >= 0.3 is 0 Å². The zero-order valence-corrected chi connectivity index (χ0v) is 17.5. The molecule has 2 N–H and O–H groups in total. The molecule has 0 saturated carbocycles. The average Bonchev–Trinajstić information content (AvgIpc) is 3.11. The lowest BCUT2D eigenvalue weighted by atomic mass is 9.98. The van der Waals surface area contributed by atoms with Crippen LogP contribution in [0.3, 0.4) is 0 Å². The van der Waals surface area contributed by atoms with Crippen molar-refractivity contribution in [3.8, 4) is 11.5 Å². The van der Waals surface area contributed by atoms with Gasteiger partial charge in [-0.1, -0.05) is 49.0 Å². The summed E-state index contributed by atoms with van der Waals surface area (Å²) in [5.41, 5.74) is 1.70. The minimum Gasteiger partial charge on any atom is -0.497 e. The zero-order valence-electron chi connectivity index (χ0n) is 16.7. The Kier molecular flexibility index (Phi) is 6.77. The van der Waals surface area contributed by atoms with Crippen molar-refractivity contribution in [3.63, 3.8) is 0 Å². The van der Waals surface area contributed by atoms with Gasteiger partial charge in [-0.25, -0.2) is 4.68 Å². The second-order valence-electron chi connectivity index (χ2n) is 6.56. The van der Waals surface area contributed by atoms with Gasteiger partial charge in [0.15, 0.2) is 11.6 Å². The Balaban J connectivity index is 1.65. The minimum atomic E-state index is -0.0864. The van der Waals surface area contributed by atoms with Crippen LogP contribution in [0.5, 0.6) is 11.5 Å². The number of benzene rings is 2. The fraction of sp³-hybridized carbons (Fsp3) is 0.286. The molecule has 8 heteroatoms. The van der Waals surface area contributed by atoms with Crippen LogP contribution in [0.15, 0.2) is 53.7 Å². The van der Waals surface area contributed by atoms with Crippen LogP contribution < -0.4 is 15.3 Å². The Bertz CT molecular complexity index is 975. The molecule has 0 aliphatic heterocycles. The van der Waals surface area contributed by atoms with Crippen molar-refractivity contribution in [2.45, 2.75) is 24.4 Å². The van der Waals surface area contributed by atoms with E-state index in [1.54, 1.807) is 25.3 Å². The van der Waals surface area contributed by atoms with E-state index in [0.29, 0.717) is 34.5 Å². The predicted octanol–water partition coefficient (Wildman–Crippen LogP) is 3.33. The highest BCUT2D eigenvalue weighted by Gasteiger charge is 2.18. The molecule has 0 saturated heterocycles. The van der Waals surface area contributed by atoms with Crippen molar-refractivity contribution in [2.75, 3.05) is 25.8 Å². The van der Waals surface area contributed by atoms with Crippen molar-refractivity contribution < 1.29 is 14.3 Å². The topological polar surface area (TPSA) is 92.3 Å². The quantitative estimate of drug-likeness (QED) is 0.327. The molecule has 0 amide bonds. The van der Waals surface area contributed by atoms with Gasteiger partial charge in [-0.15, -0.1) is 10.2 Å². The number of aromatic nitrogens is 3. The van der Waals surface area contributed by atoms with Crippen LogP contribution in [0.4, 0.5) is 0 Å². The van der Waals surface area contributed by atoms with E-state index in [-0.39, 0.29) is 17.5 Å². The summed E-state index contributed by atoms with van der Waals surface area (Å²) in [6, 6.07) is 15.3. The highest BCUT2D eigenvalue weighted by molar-refractivity contribution is 7.99. The Morgan fingerprint density at radius 1 is 1.14 bits per heavy atom. The van der Waals surface area contributed by atoms with E-state index in [2.05, 4.69) is 29.3 Å². The maximum absolute atomic E-state index is 12.6. The molecule has 7 nitrogen and oxygen atoms in total. The summed E-state index contributed by atoms with van der Waals surface area (Å²) in [6.45, 7) is 2.12. The van der Waals surface area contributed by atoms with Crippen LogP contribution >= 0.6 is 11.8 Å². The highest BCUT2D eigenvalue weighted by Crippen LogP contribution is 2.27. The number of methoxy groups -OCH3 is 2. The van der Waals surface area contributed by atoms with Crippen LogP contribution in [-0.4, -0.2) is 40.6 Å². The first kappa shape index (κ1) is 20.7. The number of ketones is 1. The first-order valence-electron chi connectivity index (χ1n) is 9.15. The van der Waals surface area contributed by atoms with Crippen molar-refractivity contribution in [1.82, 2.24) is 14.9 Å². The number of ether oxygens (including phenoxy) is 2. The van der Waals surface area contributed by atoms with Gasteiger partial charge in [0.2, 0.25) is 5.16 Å². The number of rotatable bonds is 9. The molecule has 0 bridgehead atoms. The number of thioether (sulfide) groups is 1. The van der Waals surface area contributed by atoms with Crippen molar-refractivity contribution in [2.24, 2.45) is 0 Å². The van der Waals surface area contributed by atoms with Crippen LogP contribution in [0, 0.1) is 0 Å². The third kappa shape index (κ3) is 4.89. The summed E-state index contributed by atoms with van der Waals surface area (Å²) in [5, 5.41) is 8.85. The fourth-order valence-corrected chi connectivity index (χ4v) is 3.71. The summed E-state index contributed by atoms with van der Waals surface area (Å²) in [6.07, 6.45) is 0.661. The molecule has 152 valence electrons. The van der Waals surface area contributed by atoms with Gasteiger partial charge in [0.05, 0.1) is 25.5 Å². The molecule has 0 unspecified atom stereocenters. The Morgan fingerprint density at radius 3 is 2.59 bits per heavy atom. The van der Waals surface area contributed by atoms with Crippen LogP contribution in [0.1, 0.15) is 34.6 Å². The van der Waals surface area contributed by atoms with Gasteiger partial charge in [0, 0.05) is 12.5 Å². The monoisotopic (exact) mass is 412 g/mol. The van der Waals surface area contributed by atoms with E-state index in [1.165, 1.54) is 29.1 Å². The van der Waals surface area contributed by atoms with Crippen molar-refractivity contribution in [1.29, 1.82) is 0 Å². The molecule has 1 aromatic heterocycles. The summed E-state index contributed by atoms with van der Waals surface area (Å²) < 4.78 is 11.9. The number of nitrogens with zero attached hydrogens (tertiary/aromatic N) is 3. The smallest absolute Gasteiger partial charge is 0.210 e. The molecule has 29 heavy (non-hydrogen) atoms. The van der Waals surface area contributed by atoms with E-state index < -0.39 is 0 Å². The second-order valence-corrected chi connectivity index (χ2v) is 7.51. The lowest BCUT2D eigenvalue weighted by molar-refractivity contribution is 0.101. The molecular weight excluding hydrogens is 388 g/mol. The lowest BCUT2D eigenvalue weighted by Crippen LogP contribution is -2.16. The Labute approximate surface area is 174 Å². The van der Waals surface area contributed by atoms with Gasteiger partial charge in [-0.3, -0.25) is 4.79 Å². The fourth-order valence-electron chi connectivity index (χ4n) is 2.95. The van der Waals surface area contributed by atoms with Crippen molar-refractivity contribution in [3.05, 3.63) is 65.5 Å². The third-order valence-corrected chi connectivity index (χ3v) is 5.58. The van der Waals surface area contributed by atoms with Gasteiger partial charge in [0.25, 0.3) is 0 Å². The molecule has 0 spiro atoms. The SMILES string of the molecule is COc1ccc(C(=O)CSc2nnc(C[C@H](C)c3ccccc3)n2N)c(OC)c1. The molecule has 0 aliphatic rings. The van der Waals surface area contributed by atoms with Crippen molar-refractivity contribution >= 4 is 17.5 Å². The first-order valence-corrected chi connectivity index (χ1v) is 10.1. The summed E-state index contributed by atoms with van der Waals surface area (Å²) in [7, 11) is 3.09. The summed E-state index contributed by atoms with van der Waals surface area (Å²) in [4.78, 5) is 12.6. The average molecular weight is 413 g/mol. The number of hydrogen-bond acceptors (Lipinski definition) is 7. The molecule has 0 aliphatic carbocycles. The largest absolute Gasteiger partial charge is 0.497 e. The second kappa shape index (κ2) is 9.47. The molecular formula is C21H24N4O3S. The Hall–Kier alpha value is -3.00. The molecule has 0 fully saturated rings.